The molecule has 0 aromatic rings. The standard InChI is InChI=1S/C23H32O3S/c1-13(24)17-5-6-18-16-12-21(27-14(2)25)20-11-15(26)7-9-23(20,4)19(16)8-10-22(17,18)3/h11,16-19,21H,5-10,12H2,1-4H3/t16-,17+,18-,19-,21+,22+,23+/m0/s1. The minimum atomic E-state index is 0.0413. The molecular weight excluding hydrogens is 356 g/mol. The van der Waals surface area contributed by atoms with Gasteiger partial charge in [0.05, 0.1) is 0 Å². The lowest BCUT2D eigenvalue weighted by atomic mass is 9.46. The average Bonchev–Trinajstić information content (AvgIpc) is 2.93. The maximum atomic E-state index is 12.3. The van der Waals surface area contributed by atoms with Crippen LogP contribution < -0.4 is 0 Å². The molecule has 3 saturated carbocycles. The molecule has 27 heavy (non-hydrogen) atoms. The summed E-state index contributed by atoms with van der Waals surface area (Å²) < 4.78 is 0. The zero-order valence-electron chi connectivity index (χ0n) is 17.0. The summed E-state index contributed by atoms with van der Waals surface area (Å²) in [6.07, 6.45) is 8.91. The summed E-state index contributed by atoms with van der Waals surface area (Å²) in [4.78, 5) is 36.5. The molecule has 0 aromatic carbocycles. The number of hydrogen-bond donors (Lipinski definition) is 0. The van der Waals surface area contributed by atoms with E-state index in [9.17, 15) is 14.4 Å². The summed E-state index contributed by atoms with van der Waals surface area (Å²) in [6, 6.07) is 0. The topological polar surface area (TPSA) is 51.2 Å². The van der Waals surface area contributed by atoms with Gasteiger partial charge in [0.25, 0.3) is 0 Å². The van der Waals surface area contributed by atoms with Crippen LogP contribution in [0.2, 0.25) is 0 Å². The van der Waals surface area contributed by atoms with Crippen molar-refractivity contribution < 1.29 is 14.4 Å². The molecule has 0 bridgehead atoms. The van der Waals surface area contributed by atoms with E-state index in [2.05, 4.69) is 13.8 Å². The molecule has 0 heterocycles. The lowest BCUT2D eigenvalue weighted by Gasteiger charge is -2.59. The van der Waals surface area contributed by atoms with Gasteiger partial charge in [0.2, 0.25) is 0 Å². The number of carbonyl (C=O) groups is 3. The van der Waals surface area contributed by atoms with Crippen LogP contribution in [0.3, 0.4) is 0 Å². The van der Waals surface area contributed by atoms with Gasteiger partial charge in [0, 0.05) is 24.5 Å². The lowest BCUT2D eigenvalue weighted by molar-refractivity contribution is -0.128. The first kappa shape index (κ1) is 19.4. The van der Waals surface area contributed by atoms with Gasteiger partial charge in [-0.25, -0.2) is 0 Å². The molecule has 0 N–H and O–H groups in total. The third kappa shape index (κ3) is 2.89. The number of thioether (sulfide) groups is 1. The largest absolute Gasteiger partial charge is 0.300 e. The molecule has 7 atom stereocenters. The van der Waals surface area contributed by atoms with E-state index in [1.54, 1.807) is 13.8 Å². The number of ketones is 2. The third-order valence-corrected chi connectivity index (χ3v) is 9.82. The summed E-state index contributed by atoms with van der Waals surface area (Å²) in [5.74, 6) is 2.54. The minimum absolute atomic E-state index is 0.0413. The highest BCUT2D eigenvalue weighted by Crippen LogP contribution is 2.67. The van der Waals surface area contributed by atoms with Gasteiger partial charge >= 0.3 is 0 Å². The second kappa shape index (κ2) is 6.57. The zero-order valence-corrected chi connectivity index (χ0v) is 17.9. The predicted molar refractivity (Wildman–Crippen MR) is 108 cm³/mol. The van der Waals surface area contributed by atoms with E-state index in [-0.39, 0.29) is 32.9 Å². The van der Waals surface area contributed by atoms with Gasteiger partial charge in [-0.3, -0.25) is 14.4 Å². The monoisotopic (exact) mass is 388 g/mol. The van der Waals surface area contributed by atoms with Crippen LogP contribution in [0.4, 0.5) is 0 Å². The molecule has 0 radical (unpaired) electrons. The van der Waals surface area contributed by atoms with Gasteiger partial charge < -0.3 is 0 Å². The van der Waals surface area contributed by atoms with E-state index < -0.39 is 0 Å². The summed E-state index contributed by atoms with van der Waals surface area (Å²) in [5, 5.41) is 0.281. The average molecular weight is 389 g/mol. The van der Waals surface area contributed by atoms with Crippen molar-refractivity contribution in [1.29, 1.82) is 0 Å². The van der Waals surface area contributed by atoms with Crippen LogP contribution in [0.15, 0.2) is 11.6 Å². The van der Waals surface area contributed by atoms with E-state index in [4.69, 9.17) is 0 Å². The van der Waals surface area contributed by atoms with Crippen molar-refractivity contribution in [1.82, 2.24) is 0 Å². The molecule has 4 rings (SSSR count). The number of fused-ring (bicyclic) bond motifs is 5. The molecule has 0 unspecified atom stereocenters. The van der Waals surface area contributed by atoms with E-state index >= 15 is 0 Å². The fourth-order valence-corrected chi connectivity index (χ4v) is 8.74. The molecule has 0 saturated heterocycles. The second-order valence-electron chi connectivity index (χ2n) is 9.98. The molecule has 0 spiro atoms. The van der Waals surface area contributed by atoms with Crippen molar-refractivity contribution in [3.63, 3.8) is 0 Å². The normalized spacial score (nSPS) is 46.1. The fourth-order valence-electron chi connectivity index (χ4n) is 7.56. The van der Waals surface area contributed by atoms with E-state index in [1.165, 1.54) is 17.3 Å². The quantitative estimate of drug-likeness (QED) is 0.669. The Bertz CT molecular complexity index is 725. The van der Waals surface area contributed by atoms with Crippen molar-refractivity contribution in [3.05, 3.63) is 11.6 Å². The van der Waals surface area contributed by atoms with Crippen LogP contribution in [0.25, 0.3) is 0 Å². The van der Waals surface area contributed by atoms with Crippen LogP contribution in [0.1, 0.15) is 72.6 Å². The first-order valence-corrected chi connectivity index (χ1v) is 11.5. The summed E-state index contributed by atoms with van der Waals surface area (Å²) >= 11 is 1.43. The maximum Gasteiger partial charge on any atom is 0.186 e. The molecule has 0 amide bonds. The molecule has 3 nitrogen and oxygen atoms in total. The van der Waals surface area contributed by atoms with Crippen molar-refractivity contribution >= 4 is 28.4 Å². The molecular formula is C23H32O3S. The molecule has 0 aromatic heterocycles. The lowest BCUT2D eigenvalue weighted by Crippen LogP contribution is -2.53. The van der Waals surface area contributed by atoms with Crippen molar-refractivity contribution in [2.24, 2.45) is 34.5 Å². The van der Waals surface area contributed by atoms with Gasteiger partial charge in [0.1, 0.15) is 5.78 Å². The smallest absolute Gasteiger partial charge is 0.186 e. The van der Waals surface area contributed by atoms with Gasteiger partial charge in [-0.15, -0.1) is 0 Å². The SMILES string of the molecule is CC(=O)S[C@@H]1C[C@H]2[C@@H]3CC[C@H](C(C)=O)[C@@]3(C)CC[C@@H]2[C@@]2(C)CCC(=O)C=C12. The Kier molecular flexibility index (Phi) is 4.73. The Morgan fingerprint density at radius 1 is 1.07 bits per heavy atom. The summed E-state index contributed by atoms with van der Waals surface area (Å²) in [5.41, 5.74) is 1.41. The minimum Gasteiger partial charge on any atom is -0.300 e. The Morgan fingerprint density at radius 2 is 1.81 bits per heavy atom. The Balaban J connectivity index is 1.73. The first-order chi connectivity index (χ1) is 12.7. The highest BCUT2D eigenvalue weighted by Gasteiger charge is 2.61. The Morgan fingerprint density at radius 3 is 2.48 bits per heavy atom. The molecule has 148 valence electrons. The van der Waals surface area contributed by atoms with Crippen LogP contribution in [0.5, 0.6) is 0 Å². The van der Waals surface area contributed by atoms with Gasteiger partial charge in [-0.05, 0) is 85.7 Å². The van der Waals surface area contributed by atoms with E-state index in [0.717, 1.165) is 38.5 Å². The fraction of sp³-hybridized carbons (Fsp3) is 0.783. The Hall–Kier alpha value is -0.900. The summed E-state index contributed by atoms with van der Waals surface area (Å²) in [7, 11) is 0. The van der Waals surface area contributed by atoms with Crippen molar-refractivity contribution in [2.75, 3.05) is 0 Å². The molecule has 4 aliphatic carbocycles. The molecule has 4 heteroatoms. The number of carbonyl (C=O) groups excluding carboxylic acids is 3. The second-order valence-corrected chi connectivity index (χ2v) is 11.4. The highest BCUT2D eigenvalue weighted by molar-refractivity contribution is 8.14. The first-order valence-electron chi connectivity index (χ1n) is 10.6. The van der Waals surface area contributed by atoms with Crippen molar-refractivity contribution in [3.8, 4) is 0 Å². The van der Waals surface area contributed by atoms with Crippen LogP contribution in [-0.2, 0) is 14.4 Å². The van der Waals surface area contributed by atoms with Crippen LogP contribution in [-0.4, -0.2) is 21.9 Å². The van der Waals surface area contributed by atoms with Gasteiger partial charge in [0.15, 0.2) is 10.9 Å². The molecule has 3 fully saturated rings. The number of hydrogen-bond acceptors (Lipinski definition) is 4. The summed E-state index contributed by atoms with van der Waals surface area (Å²) in [6.45, 7) is 8.13. The van der Waals surface area contributed by atoms with Crippen LogP contribution >= 0.6 is 11.8 Å². The molecule has 0 aliphatic heterocycles. The number of rotatable bonds is 2. The van der Waals surface area contributed by atoms with Gasteiger partial charge in [-0.1, -0.05) is 25.6 Å². The van der Waals surface area contributed by atoms with E-state index in [0.29, 0.717) is 30.0 Å². The van der Waals surface area contributed by atoms with E-state index in [1.807, 2.05) is 6.08 Å². The highest BCUT2D eigenvalue weighted by atomic mass is 32.2. The molecule has 4 aliphatic rings. The van der Waals surface area contributed by atoms with Gasteiger partial charge in [-0.2, -0.15) is 0 Å². The zero-order chi connectivity index (χ0) is 19.6. The Labute approximate surface area is 167 Å². The predicted octanol–water partition coefficient (Wildman–Crippen LogP) is 4.98. The van der Waals surface area contributed by atoms with Crippen LogP contribution in [0, 0.1) is 34.5 Å². The number of Topliss-reactive ketones (excluding diaryl/α,β-unsaturated/α-hetero) is 1. The maximum absolute atomic E-state index is 12.3. The van der Waals surface area contributed by atoms with Crippen molar-refractivity contribution in [2.45, 2.75) is 77.9 Å². The third-order valence-electron chi connectivity index (χ3n) is 8.75.